The Balaban J connectivity index is 1.28. The molecule has 0 N–H and O–H groups in total. The molecule has 0 saturated heterocycles. The predicted molar refractivity (Wildman–Crippen MR) is 229 cm³/mol. The molecule has 0 radical (unpaired) electrons. The molecule has 0 aromatic heterocycles. The predicted octanol–water partition coefficient (Wildman–Crippen LogP) is 14.7. The van der Waals surface area contributed by atoms with Gasteiger partial charge in [-0.15, -0.1) is 0 Å². The first-order valence-corrected chi connectivity index (χ1v) is 18.0. The van der Waals surface area contributed by atoms with Crippen LogP contribution in [0.3, 0.4) is 0 Å². The third kappa shape index (κ3) is 7.02. The molecular formula is C52H39N. The Morgan fingerprint density at radius 3 is 1.62 bits per heavy atom. The molecule has 0 fully saturated rings. The van der Waals surface area contributed by atoms with E-state index in [9.17, 15) is 0 Å². The van der Waals surface area contributed by atoms with Crippen LogP contribution in [0.25, 0.3) is 60.9 Å². The summed E-state index contributed by atoms with van der Waals surface area (Å²) in [6, 6.07) is 69.7. The molecule has 0 amide bonds. The molecule has 0 heterocycles. The van der Waals surface area contributed by atoms with Crippen molar-refractivity contribution in [1.82, 2.24) is 0 Å². The Morgan fingerprint density at radius 2 is 0.925 bits per heavy atom. The molecule has 0 aliphatic rings. The van der Waals surface area contributed by atoms with Crippen molar-refractivity contribution in [3.8, 4) is 44.5 Å². The van der Waals surface area contributed by atoms with E-state index in [-0.39, 0.29) is 0 Å². The normalized spacial score (nSPS) is 11.1. The van der Waals surface area contributed by atoms with E-state index in [1.165, 1.54) is 49.7 Å². The van der Waals surface area contributed by atoms with E-state index in [2.05, 4.69) is 212 Å². The molecule has 252 valence electrons. The Kier molecular flexibility index (Phi) is 9.46. The summed E-state index contributed by atoms with van der Waals surface area (Å²) in [5, 5.41) is 2.48. The Labute approximate surface area is 312 Å². The lowest BCUT2D eigenvalue weighted by atomic mass is 9.88. The zero-order chi connectivity index (χ0) is 36.0. The highest BCUT2D eigenvalue weighted by Crippen LogP contribution is 2.43. The van der Waals surface area contributed by atoms with Gasteiger partial charge in [0, 0.05) is 17.1 Å². The van der Waals surface area contributed by atoms with Crippen molar-refractivity contribution >= 4 is 33.4 Å². The van der Waals surface area contributed by atoms with Crippen molar-refractivity contribution in [2.24, 2.45) is 0 Å². The van der Waals surface area contributed by atoms with Crippen molar-refractivity contribution in [2.45, 2.75) is 0 Å². The van der Waals surface area contributed by atoms with Gasteiger partial charge in [0.1, 0.15) is 0 Å². The maximum absolute atomic E-state index is 4.27. The van der Waals surface area contributed by atoms with E-state index >= 15 is 0 Å². The number of anilines is 3. The maximum Gasteiger partial charge on any atom is 0.0468 e. The number of fused-ring (bicyclic) bond motifs is 1. The Hall–Kier alpha value is -6.96. The van der Waals surface area contributed by atoms with Gasteiger partial charge in [-0.2, -0.15) is 0 Å². The van der Waals surface area contributed by atoms with Crippen LogP contribution in [0.2, 0.25) is 0 Å². The molecule has 0 bridgehead atoms. The Morgan fingerprint density at radius 1 is 0.396 bits per heavy atom. The highest BCUT2D eigenvalue weighted by Gasteiger charge is 2.18. The van der Waals surface area contributed by atoms with Gasteiger partial charge in [0.05, 0.1) is 0 Å². The molecule has 0 aliphatic heterocycles. The van der Waals surface area contributed by atoms with Gasteiger partial charge in [-0.25, -0.2) is 0 Å². The summed E-state index contributed by atoms with van der Waals surface area (Å²) in [4.78, 5) is 2.34. The van der Waals surface area contributed by atoms with Crippen LogP contribution in [0.5, 0.6) is 0 Å². The van der Waals surface area contributed by atoms with Gasteiger partial charge >= 0.3 is 0 Å². The smallest absolute Gasteiger partial charge is 0.0468 e. The third-order valence-corrected chi connectivity index (χ3v) is 9.79. The summed E-state index contributed by atoms with van der Waals surface area (Å²) >= 11 is 0. The van der Waals surface area contributed by atoms with Gasteiger partial charge in [-0.3, -0.25) is 0 Å². The second kappa shape index (κ2) is 15.1. The highest BCUT2D eigenvalue weighted by atomic mass is 15.1. The summed E-state index contributed by atoms with van der Waals surface area (Å²) in [6.45, 7) is 8.08. The summed E-state index contributed by atoms with van der Waals surface area (Å²) in [7, 11) is 0. The lowest BCUT2D eigenvalue weighted by molar-refractivity contribution is 1.28. The standard InChI is InChI=1S/C52H39N/c1-3-4-15-38(2)39-26-30-46(31-27-39)53(47-32-28-42(29-33-47)40-16-7-5-8-17-40)48-34-35-51(52(37-48)43-19-9-6-10-20-43)50-23-14-13-22-49(50)45-25-24-41-18-11-12-21-44(41)36-45/h3-37H,1-2H2/b15-4-. The van der Waals surface area contributed by atoms with E-state index in [0.717, 1.165) is 33.8 Å². The zero-order valence-electron chi connectivity index (χ0n) is 29.6. The van der Waals surface area contributed by atoms with Gasteiger partial charge < -0.3 is 4.90 Å². The molecule has 8 aromatic carbocycles. The molecule has 0 unspecified atom stereocenters. The molecule has 8 aromatic rings. The number of benzene rings is 8. The van der Waals surface area contributed by atoms with Crippen LogP contribution in [0.15, 0.2) is 226 Å². The van der Waals surface area contributed by atoms with Crippen LogP contribution in [0.1, 0.15) is 5.56 Å². The third-order valence-electron chi connectivity index (χ3n) is 9.79. The maximum atomic E-state index is 4.27. The monoisotopic (exact) mass is 677 g/mol. The highest BCUT2D eigenvalue weighted by molar-refractivity contribution is 5.96. The molecule has 1 nitrogen and oxygen atoms in total. The lowest BCUT2D eigenvalue weighted by Gasteiger charge is -2.27. The van der Waals surface area contributed by atoms with Crippen LogP contribution in [-0.2, 0) is 0 Å². The molecule has 0 spiro atoms. The lowest BCUT2D eigenvalue weighted by Crippen LogP contribution is -2.10. The SMILES string of the molecule is C=C/C=C\C(=C)c1ccc(N(c2ccc(-c3ccccc3)cc2)c2ccc(-c3ccccc3-c3ccc4ccccc4c3)c(-c3ccccc3)c2)cc1. The summed E-state index contributed by atoms with van der Waals surface area (Å²) < 4.78 is 0. The van der Waals surface area contributed by atoms with Crippen molar-refractivity contribution in [3.63, 3.8) is 0 Å². The average molecular weight is 678 g/mol. The van der Waals surface area contributed by atoms with Crippen LogP contribution in [0, 0.1) is 0 Å². The van der Waals surface area contributed by atoms with Crippen molar-refractivity contribution in [2.75, 3.05) is 4.90 Å². The summed E-state index contributed by atoms with van der Waals surface area (Å²) in [5.74, 6) is 0. The minimum atomic E-state index is 0.941. The van der Waals surface area contributed by atoms with Crippen LogP contribution >= 0.6 is 0 Å². The molecular weight excluding hydrogens is 639 g/mol. The molecule has 8 rings (SSSR count). The minimum Gasteiger partial charge on any atom is -0.310 e. The van der Waals surface area contributed by atoms with E-state index in [1.807, 2.05) is 12.2 Å². The van der Waals surface area contributed by atoms with Gasteiger partial charge in [-0.1, -0.05) is 183 Å². The van der Waals surface area contributed by atoms with Gasteiger partial charge in [0.2, 0.25) is 0 Å². The van der Waals surface area contributed by atoms with Crippen LogP contribution in [-0.4, -0.2) is 0 Å². The number of allylic oxidation sites excluding steroid dienone is 4. The van der Waals surface area contributed by atoms with Gasteiger partial charge in [0.25, 0.3) is 0 Å². The number of nitrogens with zero attached hydrogens (tertiary/aromatic N) is 1. The van der Waals surface area contributed by atoms with E-state index in [1.54, 1.807) is 6.08 Å². The molecule has 0 atom stereocenters. The first-order valence-electron chi connectivity index (χ1n) is 18.0. The van der Waals surface area contributed by atoms with Gasteiger partial charge in [-0.05, 0) is 109 Å². The topological polar surface area (TPSA) is 3.24 Å². The second-order valence-corrected chi connectivity index (χ2v) is 13.1. The van der Waals surface area contributed by atoms with Crippen LogP contribution in [0.4, 0.5) is 17.1 Å². The van der Waals surface area contributed by atoms with E-state index < -0.39 is 0 Å². The molecule has 0 aliphatic carbocycles. The fourth-order valence-corrected chi connectivity index (χ4v) is 7.08. The zero-order valence-corrected chi connectivity index (χ0v) is 29.6. The first kappa shape index (κ1) is 33.2. The van der Waals surface area contributed by atoms with E-state index in [0.29, 0.717) is 0 Å². The number of hydrogen-bond acceptors (Lipinski definition) is 1. The fourth-order valence-electron chi connectivity index (χ4n) is 7.08. The summed E-state index contributed by atoms with van der Waals surface area (Å²) in [5.41, 5.74) is 14.7. The molecule has 53 heavy (non-hydrogen) atoms. The molecule has 1 heteroatoms. The fraction of sp³-hybridized carbons (Fsp3) is 0. The minimum absolute atomic E-state index is 0.941. The van der Waals surface area contributed by atoms with Crippen molar-refractivity contribution in [3.05, 3.63) is 231 Å². The largest absolute Gasteiger partial charge is 0.310 e. The second-order valence-electron chi connectivity index (χ2n) is 13.1. The molecule has 0 saturated carbocycles. The van der Waals surface area contributed by atoms with Gasteiger partial charge in [0.15, 0.2) is 0 Å². The van der Waals surface area contributed by atoms with Crippen LogP contribution < -0.4 is 4.90 Å². The van der Waals surface area contributed by atoms with Crippen molar-refractivity contribution < 1.29 is 0 Å². The number of hydrogen-bond donors (Lipinski definition) is 0. The Bertz CT molecular complexity index is 2560. The first-order chi connectivity index (χ1) is 26.2. The summed E-state index contributed by atoms with van der Waals surface area (Å²) in [6.07, 6.45) is 5.68. The quantitative estimate of drug-likeness (QED) is 0.130. The van der Waals surface area contributed by atoms with Crippen molar-refractivity contribution in [1.29, 1.82) is 0 Å². The average Bonchev–Trinajstić information content (AvgIpc) is 3.24. The number of rotatable bonds is 10. The van der Waals surface area contributed by atoms with E-state index in [4.69, 9.17) is 0 Å².